The van der Waals surface area contributed by atoms with Crippen LogP contribution >= 0.6 is 0 Å². The molecule has 0 aromatic heterocycles. The molecule has 0 aliphatic carbocycles. The van der Waals surface area contributed by atoms with Gasteiger partial charge in [-0.15, -0.1) is 38.7 Å². The summed E-state index contributed by atoms with van der Waals surface area (Å²) in [6, 6.07) is 0. The zero-order valence-corrected chi connectivity index (χ0v) is 29.2. The molecule has 0 saturated carbocycles. The minimum Gasteiger partial charge on any atom is -0.136 e. The second kappa shape index (κ2) is 11.8. The fourth-order valence-corrected chi connectivity index (χ4v) is 18.4. The zero-order chi connectivity index (χ0) is 25.6. The quantitative estimate of drug-likeness (QED) is 0.250. The Morgan fingerprint density at radius 3 is 1.03 bits per heavy atom. The van der Waals surface area contributed by atoms with E-state index in [1.165, 1.54) is 12.6 Å². The normalized spacial score (nSPS) is 13.6. The van der Waals surface area contributed by atoms with Gasteiger partial charge in [0.25, 0.3) is 0 Å². The summed E-state index contributed by atoms with van der Waals surface area (Å²) in [6.45, 7) is 36.5. The van der Waals surface area contributed by atoms with Gasteiger partial charge in [-0.05, 0) is 6.42 Å². The van der Waals surface area contributed by atoms with Gasteiger partial charge in [-0.2, -0.15) is 0 Å². The van der Waals surface area contributed by atoms with Crippen molar-refractivity contribution < 1.29 is 0 Å². The third-order valence-electron chi connectivity index (χ3n) is 5.18. The molecule has 0 nitrogen and oxygen atoms in total. The van der Waals surface area contributed by atoms with Gasteiger partial charge in [0.1, 0.15) is 24.2 Å². The average molecular weight is 515 g/mol. The van der Waals surface area contributed by atoms with Gasteiger partial charge in [-0.1, -0.05) is 117 Å². The van der Waals surface area contributed by atoms with E-state index in [0.717, 1.165) is 6.42 Å². The Bertz CT molecular complexity index is 772. The largest absolute Gasteiger partial charge is 0.311 e. The van der Waals surface area contributed by atoms with E-state index >= 15 is 0 Å². The molecular weight excluding hydrogens is 464 g/mol. The Morgan fingerprint density at radius 2 is 0.844 bits per heavy atom. The van der Waals surface area contributed by atoms with E-state index in [1.807, 2.05) is 0 Å². The fourth-order valence-electron chi connectivity index (χ4n) is 3.86. The molecule has 178 valence electrons. The molecule has 0 radical (unpaired) electrons. The number of allylic oxidation sites excluding steroid dienone is 1. The highest BCUT2D eigenvalue weighted by molar-refractivity contribution is 7.19. The molecule has 0 aromatic carbocycles. The third kappa shape index (κ3) is 11.1. The summed E-state index contributed by atoms with van der Waals surface area (Å²) >= 11 is 0. The van der Waals surface area contributed by atoms with Gasteiger partial charge in [0, 0.05) is 0 Å². The highest BCUT2D eigenvalue weighted by Gasteiger charge is 2.43. The van der Waals surface area contributed by atoms with Crippen LogP contribution in [0.4, 0.5) is 0 Å². The molecular formula is C26H51BSi5. The Morgan fingerprint density at radius 1 is 0.531 bits per heavy atom. The molecule has 0 amide bonds. The summed E-state index contributed by atoms with van der Waals surface area (Å²) in [5.41, 5.74) is 25.0. The van der Waals surface area contributed by atoms with Gasteiger partial charge < -0.3 is 0 Å². The molecule has 0 spiro atoms. The monoisotopic (exact) mass is 514 g/mol. The topological polar surface area (TPSA) is 0 Å². The van der Waals surface area contributed by atoms with Crippen LogP contribution in [0.15, 0.2) is 10.3 Å². The SMILES string of the molecule is CCB(CC)/C(CC)=C(\[Si](C)(C)C)[Si](C#C[Si](C)(C)C)(C#C[Si](C)(C)C)C#C[Si](C)(C)C. The van der Waals surface area contributed by atoms with Gasteiger partial charge >= 0.3 is 8.07 Å². The second-order valence-corrected chi connectivity index (χ2v) is 35.8. The molecule has 0 saturated heterocycles. The first-order chi connectivity index (χ1) is 14.2. The summed E-state index contributed by atoms with van der Waals surface area (Å²) in [6.07, 6.45) is 3.50. The van der Waals surface area contributed by atoms with Crippen LogP contribution in [0.25, 0.3) is 0 Å². The Kier molecular flexibility index (Phi) is 11.7. The van der Waals surface area contributed by atoms with E-state index in [2.05, 4.69) is 133 Å². The summed E-state index contributed by atoms with van der Waals surface area (Å²) in [7, 11) is -8.99. The third-order valence-corrected chi connectivity index (χ3v) is 16.3. The van der Waals surface area contributed by atoms with Crippen LogP contribution in [0.2, 0.25) is 91.2 Å². The standard InChI is InChI=1S/C26H51BSi5/c1-16-25(27(17-2)18-3)26(31(13,14)15)32(22-19-28(4,5)6,23-20-29(7,8)9)24-21-30(10,11)12/h16-18H2,1-15H3/b26-25+. The van der Waals surface area contributed by atoms with Crippen molar-refractivity contribution in [1.82, 2.24) is 0 Å². The predicted molar refractivity (Wildman–Crippen MR) is 166 cm³/mol. The van der Waals surface area contributed by atoms with Crippen LogP contribution in [0, 0.1) is 33.3 Å². The highest BCUT2D eigenvalue weighted by Crippen LogP contribution is 2.32. The maximum Gasteiger partial charge on any atom is 0.311 e. The van der Waals surface area contributed by atoms with E-state index in [1.54, 1.807) is 10.3 Å². The van der Waals surface area contributed by atoms with Crippen molar-refractivity contribution >= 4 is 47.1 Å². The van der Waals surface area contributed by atoms with Gasteiger partial charge in [0.05, 0.1) is 8.07 Å². The predicted octanol–water partition coefficient (Wildman–Crippen LogP) is 7.89. The second-order valence-electron chi connectivity index (χ2n) is 13.3. The molecule has 32 heavy (non-hydrogen) atoms. The molecule has 0 aliphatic rings. The van der Waals surface area contributed by atoms with Crippen molar-refractivity contribution in [2.75, 3.05) is 0 Å². The van der Waals surface area contributed by atoms with E-state index in [9.17, 15) is 0 Å². The summed E-state index contributed by atoms with van der Waals surface area (Å²) < 4.78 is 0. The van der Waals surface area contributed by atoms with Crippen molar-refractivity contribution in [3.8, 4) is 33.3 Å². The van der Waals surface area contributed by atoms with Crippen LogP contribution in [-0.2, 0) is 0 Å². The van der Waals surface area contributed by atoms with Crippen molar-refractivity contribution in [2.24, 2.45) is 0 Å². The molecule has 0 aromatic rings. The zero-order valence-electron chi connectivity index (χ0n) is 24.2. The number of rotatable bonds is 6. The summed E-state index contributed by atoms with van der Waals surface area (Å²) in [4.78, 5) is 1.67. The van der Waals surface area contributed by atoms with E-state index < -0.39 is 40.4 Å². The maximum atomic E-state index is 3.97. The van der Waals surface area contributed by atoms with E-state index in [0.29, 0.717) is 6.71 Å². The van der Waals surface area contributed by atoms with Gasteiger partial charge in [-0.25, -0.2) is 0 Å². The lowest BCUT2D eigenvalue weighted by Gasteiger charge is -2.34. The molecule has 6 heteroatoms. The lowest BCUT2D eigenvalue weighted by molar-refractivity contribution is 1.15. The van der Waals surface area contributed by atoms with Crippen LogP contribution in [-0.4, -0.2) is 47.1 Å². The van der Waals surface area contributed by atoms with Crippen LogP contribution < -0.4 is 0 Å². The molecule has 0 fully saturated rings. The number of hydrogen-bond donors (Lipinski definition) is 0. The molecule has 0 heterocycles. The molecule has 0 atom stereocenters. The Balaban J connectivity index is 7.97. The van der Waals surface area contributed by atoms with Gasteiger partial charge in [0.15, 0.2) is 6.71 Å². The van der Waals surface area contributed by atoms with E-state index in [4.69, 9.17) is 0 Å². The molecule has 0 unspecified atom stereocenters. The first-order valence-corrected chi connectivity index (χ1v) is 28.6. The van der Waals surface area contributed by atoms with Crippen molar-refractivity contribution in [1.29, 1.82) is 0 Å². The molecule has 0 aliphatic heterocycles. The molecule has 0 rings (SSSR count). The molecule has 0 bridgehead atoms. The summed E-state index contributed by atoms with van der Waals surface area (Å²) in [5, 5.41) is 0. The van der Waals surface area contributed by atoms with Gasteiger partial charge in [-0.3, -0.25) is 0 Å². The minimum atomic E-state index is -2.61. The minimum absolute atomic E-state index is 0.629. The fraction of sp³-hybridized carbons (Fsp3) is 0.692. The smallest absolute Gasteiger partial charge is 0.136 e. The number of hydrogen-bond acceptors (Lipinski definition) is 0. The Hall–Kier alpha value is -0.431. The lowest BCUT2D eigenvalue weighted by Crippen LogP contribution is -2.49. The first-order valence-electron chi connectivity index (χ1n) is 12.6. The van der Waals surface area contributed by atoms with Crippen LogP contribution in [0.3, 0.4) is 0 Å². The highest BCUT2D eigenvalue weighted by atomic mass is 28.4. The van der Waals surface area contributed by atoms with Crippen molar-refractivity contribution in [3.63, 3.8) is 0 Å². The van der Waals surface area contributed by atoms with E-state index in [-0.39, 0.29) is 0 Å². The van der Waals surface area contributed by atoms with Crippen LogP contribution in [0.5, 0.6) is 0 Å². The Labute approximate surface area is 208 Å². The maximum absolute atomic E-state index is 3.97. The average Bonchev–Trinajstić information content (AvgIpc) is 2.59. The van der Waals surface area contributed by atoms with Crippen molar-refractivity contribution in [2.45, 2.75) is 118 Å². The van der Waals surface area contributed by atoms with Gasteiger partial charge in [0.2, 0.25) is 0 Å². The van der Waals surface area contributed by atoms with Crippen molar-refractivity contribution in [3.05, 3.63) is 10.3 Å². The lowest BCUT2D eigenvalue weighted by atomic mass is 9.40. The molecule has 0 N–H and O–H groups in total. The first kappa shape index (κ1) is 31.6. The summed E-state index contributed by atoms with van der Waals surface area (Å²) in [5.74, 6) is 0. The van der Waals surface area contributed by atoms with Crippen LogP contribution in [0.1, 0.15) is 27.2 Å².